The minimum Gasteiger partial charge on any atom is -0.464 e. The van der Waals surface area contributed by atoms with Gasteiger partial charge in [-0.05, 0) is 37.5 Å². The Morgan fingerprint density at radius 3 is 2.61 bits per heavy atom. The standard InChI is InChI=1S/C20H21NO2/c1-13-9-10-18-17(12-23-20(18)14(13)2)11-19(22)21-15(3)16-7-5-4-6-8-16/h4-10,12,15H,11H2,1-3H3,(H,21,22). The van der Waals surface area contributed by atoms with Gasteiger partial charge in [0.2, 0.25) is 5.91 Å². The molecule has 1 aromatic heterocycles. The molecule has 3 heteroatoms. The molecule has 0 saturated heterocycles. The third-order valence-electron chi connectivity index (χ3n) is 4.37. The van der Waals surface area contributed by atoms with Crippen LogP contribution in [0.5, 0.6) is 0 Å². The largest absolute Gasteiger partial charge is 0.464 e. The summed E-state index contributed by atoms with van der Waals surface area (Å²) in [5, 5.41) is 4.07. The van der Waals surface area contributed by atoms with Gasteiger partial charge in [-0.2, -0.15) is 0 Å². The van der Waals surface area contributed by atoms with Crippen molar-refractivity contribution in [3.05, 3.63) is 71.0 Å². The van der Waals surface area contributed by atoms with Crippen molar-refractivity contribution in [1.29, 1.82) is 0 Å². The molecular weight excluding hydrogens is 286 g/mol. The van der Waals surface area contributed by atoms with Crippen LogP contribution in [0.3, 0.4) is 0 Å². The van der Waals surface area contributed by atoms with Gasteiger partial charge in [0, 0.05) is 10.9 Å². The zero-order valence-corrected chi connectivity index (χ0v) is 13.7. The number of fused-ring (bicyclic) bond motifs is 1. The second-order valence-corrected chi connectivity index (χ2v) is 6.02. The van der Waals surface area contributed by atoms with Gasteiger partial charge in [0.05, 0.1) is 18.7 Å². The van der Waals surface area contributed by atoms with Crippen LogP contribution in [0.2, 0.25) is 0 Å². The smallest absolute Gasteiger partial charge is 0.225 e. The summed E-state index contributed by atoms with van der Waals surface area (Å²) in [6.45, 7) is 6.10. The highest BCUT2D eigenvalue weighted by molar-refractivity contribution is 5.89. The predicted molar refractivity (Wildman–Crippen MR) is 92.4 cm³/mol. The van der Waals surface area contributed by atoms with E-state index in [-0.39, 0.29) is 11.9 Å². The lowest BCUT2D eigenvalue weighted by atomic mass is 10.0. The summed E-state index contributed by atoms with van der Waals surface area (Å²) in [5.41, 5.74) is 5.24. The number of amides is 1. The number of furan rings is 1. The highest BCUT2D eigenvalue weighted by Gasteiger charge is 2.14. The molecule has 1 amide bonds. The molecule has 1 heterocycles. The molecule has 1 atom stereocenters. The number of carbonyl (C=O) groups excluding carboxylic acids is 1. The van der Waals surface area contributed by atoms with Crippen LogP contribution in [0.25, 0.3) is 11.0 Å². The van der Waals surface area contributed by atoms with Crippen LogP contribution in [-0.2, 0) is 11.2 Å². The van der Waals surface area contributed by atoms with Crippen LogP contribution < -0.4 is 5.32 Å². The first-order valence-electron chi connectivity index (χ1n) is 7.87. The lowest BCUT2D eigenvalue weighted by Gasteiger charge is -2.14. The Bertz CT molecular complexity index is 833. The van der Waals surface area contributed by atoms with E-state index < -0.39 is 0 Å². The Labute approximate surface area is 136 Å². The molecule has 23 heavy (non-hydrogen) atoms. The van der Waals surface area contributed by atoms with Gasteiger partial charge < -0.3 is 9.73 Å². The van der Waals surface area contributed by atoms with E-state index in [1.54, 1.807) is 6.26 Å². The van der Waals surface area contributed by atoms with Crippen molar-refractivity contribution in [2.24, 2.45) is 0 Å². The summed E-state index contributed by atoms with van der Waals surface area (Å²) < 4.78 is 5.67. The predicted octanol–water partition coefficient (Wildman–Crippen LogP) is 4.47. The lowest BCUT2D eigenvalue weighted by Crippen LogP contribution is -2.27. The monoisotopic (exact) mass is 307 g/mol. The number of nitrogens with one attached hydrogen (secondary N) is 1. The van der Waals surface area contributed by atoms with E-state index in [4.69, 9.17) is 4.42 Å². The van der Waals surface area contributed by atoms with E-state index >= 15 is 0 Å². The maximum absolute atomic E-state index is 12.3. The van der Waals surface area contributed by atoms with Gasteiger partial charge in [0.15, 0.2) is 0 Å². The summed E-state index contributed by atoms with van der Waals surface area (Å²) in [6.07, 6.45) is 2.02. The molecule has 0 aliphatic rings. The maximum atomic E-state index is 12.3. The SMILES string of the molecule is Cc1ccc2c(CC(=O)NC(C)c3ccccc3)coc2c1C. The normalized spacial score (nSPS) is 12.3. The fraction of sp³-hybridized carbons (Fsp3) is 0.250. The summed E-state index contributed by atoms with van der Waals surface area (Å²) in [5.74, 6) is 0.00211. The summed E-state index contributed by atoms with van der Waals surface area (Å²) >= 11 is 0. The molecule has 3 nitrogen and oxygen atoms in total. The third-order valence-corrected chi connectivity index (χ3v) is 4.37. The van der Waals surface area contributed by atoms with Crippen LogP contribution in [0.4, 0.5) is 0 Å². The molecule has 0 fully saturated rings. The fourth-order valence-electron chi connectivity index (χ4n) is 2.82. The molecule has 0 radical (unpaired) electrons. The molecular formula is C20H21NO2. The van der Waals surface area contributed by atoms with E-state index in [2.05, 4.69) is 18.3 Å². The summed E-state index contributed by atoms with van der Waals surface area (Å²) in [7, 11) is 0. The van der Waals surface area contributed by atoms with Gasteiger partial charge in [-0.3, -0.25) is 4.79 Å². The number of hydrogen-bond acceptors (Lipinski definition) is 2. The molecule has 2 aromatic carbocycles. The van der Waals surface area contributed by atoms with Crippen LogP contribution in [0, 0.1) is 13.8 Å². The first-order valence-corrected chi connectivity index (χ1v) is 7.87. The zero-order valence-electron chi connectivity index (χ0n) is 13.7. The molecule has 0 bridgehead atoms. The third kappa shape index (κ3) is 3.14. The van der Waals surface area contributed by atoms with Crippen molar-refractivity contribution in [2.45, 2.75) is 33.2 Å². The van der Waals surface area contributed by atoms with Crippen LogP contribution in [0.15, 0.2) is 53.1 Å². The molecule has 0 aliphatic heterocycles. The Hall–Kier alpha value is -2.55. The fourth-order valence-corrected chi connectivity index (χ4v) is 2.82. The van der Waals surface area contributed by atoms with Crippen LogP contribution >= 0.6 is 0 Å². The highest BCUT2D eigenvalue weighted by Crippen LogP contribution is 2.26. The van der Waals surface area contributed by atoms with Gasteiger partial charge in [-0.25, -0.2) is 0 Å². The average molecular weight is 307 g/mol. The van der Waals surface area contributed by atoms with Crippen molar-refractivity contribution in [1.82, 2.24) is 5.32 Å². The molecule has 3 rings (SSSR count). The number of benzene rings is 2. The van der Waals surface area contributed by atoms with Gasteiger partial charge in [-0.15, -0.1) is 0 Å². The van der Waals surface area contributed by atoms with Crippen LogP contribution in [0.1, 0.15) is 35.2 Å². The summed E-state index contributed by atoms with van der Waals surface area (Å²) in [4.78, 5) is 12.3. The van der Waals surface area contributed by atoms with Gasteiger partial charge >= 0.3 is 0 Å². The number of rotatable bonds is 4. The van der Waals surface area contributed by atoms with Crippen molar-refractivity contribution in [2.75, 3.05) is 0 Å². The first kappa shape index (κ1) is 15.3. The second kappa shape index (κ2) is 6.29. The lowest BCUT2D eigenvalue weighted by molar-refractivity contribution is -0.121. The Balaban J connectivity index is 1.75. The number of hydrogen-bond donors (Lipinski definition) is 1. The van der Waals surface area contributed by atoms with E-state index in [1.807, 2.05) is 50.2 Å². The molecule has 1 unspecified atom stereocenters. The van der Waals surface area contributed by atoms with Crippen molar-refractivity contribution >= 4 is 16.9 Å². The molecule has 0 aliphatic carbocycles. The number of carbonyl (C=O) groups is 1. The Morgan fingerprint density at radius 1 is 1.13 bits per heavy atom. The van der Waals surface area contributed by atoms with Gasteiger partial charge in [0.1, 0.15) is 5.58 Å². The van der Waals surface area contributed by atoms with Crippen molar-refractivity contribution < 1.29 is 9.21 Å². The molecule has 0 spiro atoms. The minimum atomic E-state index is -0.00848. The second-order valence-electron chi connectivity index (χ2n) is 6.02. The Kier molecular flexibility index (Phi) is 4.20. The topological polar surface area (TPSA) is 42.2 Å². The maximum Gasteiger partial charge on any atom is 0.225 e. The molecule has 3 aromatic rings. The number of aryl methyl sites for hydroxylation is 2. The Morgan fingerprint density at radius 2 is 1.87 bits per heavy atom. The van der Waals surface area contributed by atoms with E-state index in [1.165, 1.54) is 5.56 Å². The van der Waals surface area contributed by atoms with E-state index in [0.717, 1.165) is 27.7 Å². The molecule has 0 saturated carbocycles. The van der Waals surface area contributed by atoms with Crippen LogP contribution in [-0.4, -0.2) is 5.91 Å². The van der Waals surface area contributed by atoms with Gasteiger partial charge in [-0.1, -0.05) is 42.5 Å². The van der Waals surface area contributed by atoms with Gasteiger partial charge in [0.25, 0.3) is 0 Å². The quantitative estimate of drug-likeness (QED) is 0.772. The minimum absolute atomic E-state index is 0.00211. The van der Waals surface area contributed by atoms with E-state index in [9.17, 15) is 4.79 Å². The van der Waals surface area contributed by atoms with E-state index in [0.29, 0.717) is 6.42 Å². The molecule has 118 valence electrons. The first-order chi connectivity index (χ1) is 11.1. The highest BCUT2D eigenvalue weighted by atomic mass is 16.3. The van der Waals surface area contributed by atoms with Crippen molar-refractivity contribution in [3.63, 3.8) is 0 Å². The average Bonchev–Trinajstić information content (AvgIpc) is 2.95. The van der Waals surface area contributed by atoms with Crippen molar-refractivity contribution in [3.8, 4) is 0 Å². The molecule has 1 N–H and O–H groups in total. The zero-order chi connectivity index (χ0) is 16.4. The summed E-state index contributed by atoms with van der Waals surface area (Å²) in [6, 6.07) is 14.1.